The number of fused-ring (bicyclic) bond motifs is 1. The molecular weight excluding hydrogens is 500 g/mol. The summed E-state index contributed by atoms with van der Waals surface area (Å²) in [6.45, 7) is 0.602. The third-order valence-electron chi connectivity index (χ3n) is 5.76. The van der Waals surface area contributed by atoms with E-state index in [4.69, 9.17) is 4.74 Å². The molecule has 0 bridgehead atoms. The van der Waals surface area contributed by atoms with Crippen LogP contribution >= 0.6 is 27.7 Å². The molecular formula is C26H27BrN2O3S. The third-order valence-corrected chi connectivity index (χ3v) is 7.46. The molecule has 1 N–H and O–H groups in total. The lowest BCUT2D eigenvalue weighted by atomic mass is 9.97. The number of para-hydroxylation sites is 1. The van der Waals surface area contributed by atoms with Crippen LogP contribution in [-0.4, -0.2) is 32.0 Å². The highest BCUT2D eigenvalue weighted by molar-refractivity contribution is 9.10. The van der Waals surface area contributed by atoms with Crippen molar-refractivity contribution in [3.8, 4) is 5.75 Å². The normalized spacial score (nSPS) is 16.9. The number of allylic oxidation sites excluding steroid dienone is 1. The first kappa shape index (κ1) is 23.6. The molecule has 172 valence electrons. The molecule has 1 aliphatic heterocycles. The molecule has 2 aliphatic rings. The Kier molecular flexibility index (Phi) is 7.93. The summed E-state index contributed by atoms with van der Waals surface area (Å²) >= 11 is 4.92. The van der Waals surface area contributed by atoms with E-state index in [2.05, 4.69) is 27.3 Å². The molecule has 5 nitrogen and oxygen atoms in total. The second-order valence-electron chi connectivity index (χ2n) is 8.07. The number of nitrogens with zero attached hydrogens (tertiary/aromatic N) is 1. The Morgan fingerprint density at radius 1 is 1.24 bits per heavy atom. The molecule has 0 atom stereocenters. The van der Waals surface area contributed by atoms with E-state index in [0.29, 0.717) is 11.4 Å². The number of carbonyl (C=O) groups is 2. The van der Waals surface area contributed by atoms with Crippen LogP contribution in [0.2, 0.25) is 0 Å². The summed E-state index contributed by atoms with van der Waals surface area (Å²) < 4.78 is 6.11. The molecule has 0 radical (unpaired) electrons. The Morgan fingerprint density at radius 3 is 2.85 bits per heavy atom. The molecule has 4 rings (SSSR count). The van der Waals surface area contributed by atoms with Crippen LogP contribution < -0.4 is 15.0 Å². The van der Waals surface area contributed by atoms with E-state index in [1.807, 2.05) is 48.5 Å². The minimum Gasteiger partial charge on any atom is -0.496 e. The quantitative estimate of drug-likeness (QED) is 0.358. The highest BCUT2D eigenvalue weighted by Crippen LogP contribution is 2.42. The minimum atomic E-state index is -0.171. The summed E-state index contributed by atoms with van der Waals surface area (Å²) in [7, 11) is 1.62. The number of ether oxygens (including phenoxy) is 1. The van der Waals surface area contributed by atoms with Gasteiger partial charge in [0, 0.05) is 11.4 Å². The van der Waals surface area contributed by atoms with Gasteiger partial charge in [-0.1, -0.05) is 41.6 Å². The van der Waals surface area contributed by atoms with Crippen LogP contribution in [0.1, 0.15) is 37.7 Å². The Bertz CT molecular complexity index is 1110. The van der Waals surface area contributed by atoms with Crippen molar-refractivity contribution in [2.24, 2.45) is 0 Å². The molecule has 2 aromatic rings. The van der Waals surface area contributed by atoms with Gasteiger partial charge in [0.05, 0.1) is 22.2 Å². The topological polar surface area (TPSA) is 58.6 Å². The fourth-order valence-electron chi connectivity index (χ4n) is 4.04. The predicted molar refractivity (Wildman–Crippen MR) is 138 cm³/mol. The molecule has 2 amide bonds. The third kappa shape index (κ3) is 5.89. The van der Waals surface area contributed by atoms with Crippen LogP contribution in [0.5, 0.6) is 5.75 Å². The number of thioether (sulfide) groups is 1. The van der Waals surface area contributed by atoms with Gasteiger partial charge < -0.3 is 10.1 Å². The van der Waals surface area contributed by atoms with Gasteiger partial charge in [-0.05, 0) is 83.9 Å². The van der Waals surface area contributed by atoms with Gasteiger partial charge in [-0.25, -0.2) is 0 Å². The van der Waals surface area contributed by atoms with Crippen molar-refractivity contribution in [1.82, 2.24) is 5.32 Å². The average molecular weight is 527 g/mol. The van der Waals surface area contributed by atoms with Gasteiger partial charge in [0.1, 0.15) is 12.3 Å². The highest BCUT2D eigenvalue weighted by atomic mass is 79.9. The molecule has 0 spiro atoms. The van der Waals surface area contributed by atoms with Crippen molar-refractivity contribution in [3.05, 3.63) is 69.1 Å². The maximum Gasteiger partial charge on any atom is 0.265 e. The average Bonchev–Trinajstić information content (AvgIpc) is 2.82. The van der Waals surface area contributed by atoms with Crippen molar-refractivity contribution in [1.29, 1.82) is 0 Å². The van der Waals surface area contributed by atoms with Crippen LogP contribution in [0.3, 0.4) is 0 Å². The lowest BCUT2D eigenvalue weighted by Gasteiger charge is -2.30. The number of rotatable bonds is 7. The Labute approximate surface area is 207 Å². The second-order valence-corrected chi connectivity index (χ2v) is 10.0. The lowest BCUT2D eigenvalue weighted by molar-refractivity contribution is -0.122. The van der Waals surface area contributed by atoms with Crippen molar-refractivity contribution in [2.75, 3.05) is 25.1 Å². The van der Waals surface area contributed by atoms with E-state index < -0.39 is 0 Å². The minimum absolute atomic E-state index is 0.000892. The van der Waals surface area contributed by atoms with Gasteiger partial charge in [0.25, 0.3) is 5.91 Å². The maximum absolute atomic E-state index is 13.4. The molecule has 7 heteroatoms. The smallest absolute Gasteiger partial charge is 0.265 e. The molecule has 0 aromatic heterocycles. The largest absolute Gasteiger partial charge is 0.496 e. The zero-order valence-corrected chi connectivity index (χ0v) is 21.0. The van der Waals surface area contributed by atoms with Crippen molar-refractivity contribution < 1.29 is 14.3 Å². The monoisotopic (exact) mass is 526 g/mol. The zero-order valence-electron chi connectivity index (χ0n) is 18.6. The van der Waals surface area contributed by atoms with Gasteiger partial charge in [0.15, 0.2) is 0 Å². The Morgan fingerprint density at radius 2 is 2.09 bits per heavy atom. The zero-order chi connectivity index (χ0) is 23.2. The Hall–Kier alpha value is -2.51. The van der Waals surface area contributed by atoms with Crippen LogP contribution in [0.15, 0.2) is 68.4 Å². The predicted octanol–water partition coefficient (Wildman–Crippen LogP) is 5.94. The van der Waals surface area contributed by atoms with Gasteiger partial charge in [-0.3, -0.25) is 14.5 Å². The van der Waals surface area contributed by atoms with Gasteiger partial charge in [0.2, 0.25) is 5.91 Å². The van der Waals surface area contributed by atoms with Crippen LogP contribution in [0.4, 0.5) is 5.69 Å². The summed E-state index contributed by atoms with van der Waals surface area (Å²) in [6, 6.07) is 13.4. The maximum atomic E-state index is 13.4. The number of nitrogens with one attached hydrogen (secondary N) is 1. The number of carbonyl (C=O) groups excluding carboxylic acids is 2. The molecule has 0 unspecified atom stereocenters. The summed E-state index contributed by atoms with van der Waals surface area (Å²) in [5.74, 6) is 0.413. The summed E-state index contributed by atoms with van der Waals surface area (Å²) in [4.78, 5) is 29.2. The number of methoxy groups -OCH3 is 1. The number of halogens is 1. The van der Waals surface area contributed by atoms with Crippen molar-refractivity contribution in [2.45, 2.75) is 37.0 Å². The molecule has 1 heterocycles. The molecule has 0 saturated carbocycles. The first-order chi connectivity index (χ1) is 16.0. The molecule has 2 aromatic carbocycles. The van der Waals surface area contributed by atoms with Crippen molar-refractivity contribution in [3.63, 3.8) is 0 Å². The molecule has 0 saturated heterocycles. The van der Waals surface area contributed by atoms with E-state index in [1.165, 1.54) is 30.2 Å². The second kappa shape index (κ2) is 11.1. The van der Waals surface area contributed by atoms with Gasteiger partial charge in [-0.2, -0.15) is 0 Å². The number of benzene rings is 2. The van der Waals surface area contributed by atoms with Crippen LogP contribution in [0, 0.1) is 0 Å². The number of hydrogen-bond donors (Lipinski definition) is 1. The van der Waals surface area contributed by atoms with Gasteiger partial charge >= 0.3 is 0 Å². The fourth-order valence-corrected chi connectivity index (χ4v) is 5.65. The van der Waals surface area contributed by atoms with Crippen LogP contribution in [0.25, 0.3) is 6.08 Å². The van der Waals surface area contributed by atoms with Crippen LogP contribution in [-0.2, 0) is 9.59 Å². The highest BCUT2D eigenvalue weighted by Gasteiger charge is 2.30. The summed E-state index contributed by atoms with van der Waals surface area (Å²) in [5.41, 5.74) is 3.07. The van der Waals surface area contributed by atoms with E-state index in [-0.39, 0.29) is 18.4 Å². The van der Waals surface area contributed by atoms with E-state index in [0.717, 1.165) is 45.6 Å². The number of anilines is 1. The first-order valence-electron chi connectivity index (χ1n) is 11.1. The summed E-state index contributed by atoms with van der Waals surface area (Å²) in [6.07, 6.45) is 9.79. The van der Waals surface area contributed by atoms with Gasteiger partial charge in [-0.15, -0.1) is 0 Å². The van der Waals surface area contributed by atoms with E-state index >= 15 is 0 Å². The lowest BCUT2D eigenvalue weighted by Crippen LogP contribution is -2.43. The number of hydrogen-bond acceptors (Lipinski definition) is 4. The fraction of sp³-hybridized carbons (Fsp3) is 0.308. The Balaban J connectivity index is 1.49. The molecule has 0 fully saturated rings. The molecule has 33 heavy (non-hydrogen) atoms. The SMILES string of the molecule is COc1ccc(C=C2Sc3ccccc3N(CC(=O)NCCC3=CCCCC3)C2=O)cc1Br. The number of amides is 2. The van der Waals surface area contributed by atoms with E-state index in [9.17, 15) is 9.59 Å². The standard InChI is InChI=1S/C26H27BrN2O3S/c1-32-22-12-11-19(15-20(22)27)16-24-26(31)29(21-9-5-6-10-23(21)33-24)17-25(30)28-14-13-18-7-3-2-4-8-18/h5-7,9-12,15-16H,2-4,8,13-14,17H2,1H3,(H,28,30). The van der Waals surface area contributed by atoms with Crippen molar-refractivity contribution >= 4 is 51.3 Å². The first-order valence-corrected chi connectivity index (χ1v) is 12.7. The van der Waals surface area contributed by atoms with E-state index in [1.54, 1.807) is 12.0 Å². The summed E-state index contributed by atoms with van der Waals surface area (Å²) in [5, 5.41) is 2.99. The molecule has 1 aliphatic carbocycles.